The number of benzene rings is 2. The molecule has 0 bridgehead atoms. The third-order valence-corrected chi connectivity index (χ3v) is 5.07. The third-order valence-electron chi connectivity index (χ3n) is 4.46. The summed E-state index contributed by atoms with van der Waals surface area (Å²) < 4.78 is 32.2. The lowest BCUT2D eigenvalue weighted by Gasteiger charge is -2.08. The summed E-state index contributed by atoms with van der Waals surface area (Å²) in [6, 6.07) is 15.5. The summed E-state index contributed by atoms with van der Waals surface area (Å²) in [4.78, 5) is 17.3. The van der Waals surface area contributed by atoms with Gasteiger partial charge in [0.05, 0.1) is 30.8 Å². The lowest BCUT2D eigenvalue weighted by Crippen LogP contribution is -2.09. The predicted octanol–water partition coefficient (Wildman–Crippen LogP) is 3.01. The fourth-order valence-corrected chi connectivity index (χ4v) is 3.68. The van der Waals surface area contributed by atoms with Crippen molar-refractivity contribution >= 4 is 27.1 Å². The SMILES string of the molecule is COc1ccc(C(=O)c2cnn3c(-c4cccc(NS(C)(=O)=O)c4)ccnc23)cc1. The average Bonchev–Trinajstić information content (AvgIpc) is 3.16. The first-order chi connectivity index (χ1) is 14.4. The lowest BCUT2D eigenvalue weighted by atomic mass is 10.1. The van der Waals surface area contributed by atoms with Crippen LogP contribution in [0, 0.1) is 0 Å². The number of rotatable bonds is 6. The molecule has 2 heterocycles. The molecule has 2 aromatic carbocycles. The highest BCUT2D eigenvalue weighted by Crippen LogP contribution is 2.25. The van der Waals surface area contributed by atoms with Crippen molar-refractivity contribution in [3.8, 4) is 17.0 Å². The zero-order chi connectivity index (χ0) is 21.3. The summed E-state index contributed by atoms with van der Waals surface area (Å²) in [5, 5.41) is 4.35. The van der Waals surface area contributed by atoms with Gasteiger partial charge in [0.15, 0.2) is 11.4 Å². The van der Waals surface area contributed by atoms with E-state index >= 15 is 0 Å². The molecule has 0 amide bonds. The Kier molecular flexibility index (Phi) is 4.96. The highest BCUT2D eigenvalue weighted by molar-refractivity contribution is 7.92. The Morgan fingerprint density at radius 1 is 1.10 bits per heavy atom. The zero-order valence-corrected chi connectivity index (χ0v) is 17.1. The van der Waals surface area contributed by atoms with Crippen molar-refractivity contribution in [3.05, 3.63) is 78.1 Å². The van der Waals surface area contributed by atoms with Gasteiger partial charge in [-0.3, -0.25) is 9.52 Å². The Morgan fingerprint density at radius 3 is 2.57 bits per heavy atom. The number of hydrogen-bond acceptors (Lipinski definition) is 6. The molecule has 0 spiro atoms. The maximum absolute atomic E-state index is 13.0. The van der Waals surface area contributed by atoms with Crippen LogP contribution >= 0.6 is 0 Å². The number of aromatic nitrogens is 3. The van der Waals surface area contributed by atoms with Crippen LogP contribution in [0.5, 0.6) is 5.75 Å². The van der Waals surface area contributed by atoms with Crippen molar-refractivity contribution in [1.29, 1.82) is 0 Å². The second-order valence-corrected chi connectivity index (χ2v) is 8.38. The van der Waals surface area contributed by atoms with Gasteiger partial charge in [-0.1, -0.05) is 12.1 Å². The number of ketones is 1. The number of anilines is 1. The summed E-state index contributed by atoms with van der Waals surface area (Å²) in [7, 11) is -1.84. The van der Waals surface area contributed by atoms with Gasteiger partial charge in [-0.15, -0.1) is 0 Å². The molecular weight excluding hydrogens is 404 g/mol. The van der Waals surface area contributed by atoms with E-state index in [0.29, 0.717) is 33.9 Å². The largest absolute Gasteiger partial charge is 0.497 e. The van der Waals surface area contributed by atoms with Crippen molar-refractivity contribution < 1.29 is 17.9 Å². The maximum Gasteiger partial charge on any atom is 0.229 e. The Morgan fingerprint density at radius 2 is 1.87 bits per heavy atom. The number of fused-ring (bicyclic) bond motifs is 1. The summed E-state index contributed by atoms with van der Waals surface area (Å²) in [6.45, 7) is 0. The fourth-order valence-electron chi connectivity index (χ4n) is 3.12. The molecule has 30 heavy (non-hydrogen) atoms. The van der Waals surface area contributed by atoms with Crippen molar-refractivity contribution in [3.63, 3.8) is 0 Å². The van der Waals surface area contributed by atoms with Crippen molar-refractivity contribution in [2.45, 2.75) is 0 Å². The number of carbonyl (C=O) groups is 1. The van der Waals surface area contributed by atoms with E-state index in [4.69, 9.17) is 4.74 Å². The molecular formula is C21H18N4O4S. The van der Waals surface area contributed by atoms with Crippen LogP contribution in [0.2, 0.25) is 0 Å². The number of nitrogens with zero attached hydrogens (tertiary/aromatic N) is 3. The summed E-state index contributed by atoms with van der Waals surface area (Å²) in [5.41, 5.74) is 3.11. The van der Waals surface area contributed by atoms with E-state index in [1.54, 1.807) is 66.4 Å². The van der Waals surface area contributed by atoms with E-state index in [0.717, 1.165) is 11.8 Å². The molecule has 0 fully saturated rings. The number of nitrogens with one attached hydrogen (secondary N) is 1. The van der Waals surface area contributed by atoms with Crippen molar-refractivity contribution in [2.24, 2.45) is 0 Å². The Hall–Kier alpha value is -3.72. The van der Waals surface area contributed by atoms with Gasteiger partial charge in [0, 0.05) is 23.0 Å². The lowest BCUT2D eigenvalue weighted by molar-refractivity contribution is 0.104. The molecule has 4 aromatic rings. The number of hydrogen-bond donors (Lipinski definition) is 1. The molecule has 9 heteroatoms. The van der Waals surface area contributed by atoms with Gasteiger partial charge < -0.3 is 4.74 Å². The van der Waals surface area contributed by atoms with Crippen LogP contribution in [0.1, 0.15) is 15.9 Å². The molecule has 0 atom stereocenters. The van der Waals surface area contributed by atoms with E-state index in [9.17, 15) is 13.2 Å². The van der Waals surface area contributed by atoms with Crippen molar-refractivity contribution in [2.75, 3.05) is 18.1 Å². The molecule has 0 unspecified atom stereocenters. The first-order valence-electron chi connectivity index (χ1n) is 8.95. The fraction of sp³-hybridized carbons (Fsp3) is 0.0952. The minimum absolute atomic E-state index is 0.204. The Balaban J connectivity index is 1.75. The highest BCUT2D eigenvalue weighted by atomic mass is 32.2. The van der Waals surface area contributed by atoms with Gasteiger partial charge in [0.1, 0.15) is 5.75 Å². The monoisotopic (exact) mass is 422 g/mol. The minimum atomic E-state index is -3.40. The van der Waals surface area contributed by atoms with Crippen LogP contribution in [-0.4, -0.2) is 42.2 Å². The van der Waals surface area contributed by atoms with Gasteiger partial charge in [0.2, 0.25) is 10.0 Å². The Bertz CT molecular complexity index is 1350. The smallest absolute Gasteiger partial charge is 0.229 e. The second kappa shape index (κ2) is 7.60. The summed E-state index contributed by atoms with van der Waals surface area (Å²) in [5.74, 6) is 0.458. The van der Waals surface area contributed by atoms with Crippen LogP contribution in [-0.2, 0) is 10.0 Å². The first kappa shape index (κ1) is 19.6. The quantitative estimate of drug-likeness (QED) is 0.479. The molecule has 152 valence electrons. The van der Waals surface area contributed by atoms with E-state index in [1.165, 1.54) is 6.20 Å². The van der Waals surface area contributed by atoms with Crippen LogP contribution in [0.25, 0.3) is 16.9 Å². The number of carbonyl (C=O) groups excluding carboxylic acids is 1. The average molecular weight is 422 g/mol. The van der Waals surface area contributed by atoms with E-state index in [2.05, 4.69) is 14.8 Å². The van der Waals surface area contributed by atoms with Gasteiger partial charge >= 0.3 is 0 Å². The molecule has 2 aromatic heterocycles. The predicted molar refractivity (Wildman–Crippen MR) is 113 cm³/mol. The van der Waals surface area contributed by atoms with Crippen LogP contribution in [0.15, 0.2) is 67.0 Å². The molecule has 1 N–H and O–H groups in total. The minimum Gasteiger partial charge on any atom is -0.497 e. The summed E-state index contributed by atoms with van der Waals surface area (Å²) >= 11 is 0. The molecule has 0 saturated carbocycles. The maximum atomic E-state index is 13.0. The standard InChI is InChI=1S/C21H18N4O4S/c1-29-17-8-6-14(7-9-17)20(26)18-13-23-25-19(10-11-22-21(18)25)15-4-3-5-16(12-15)24-30(2,27)28/h3-13,24H,1-2H3. The van der Waals surface area contributed by atoms with Gasteiger partial charge in [-0.2, -0.15) is 5.10 Å². The molecule has 0 aliphatic rings. The summed E-state index contributed by atoms with van der Waals surface area (Å²) in [6.07, 6.45) is 4.17. The molecule has 8 nitrogen and oxygen atoms in total. The number of methoxy groups -OCH3 is 1. The van der Waals surface area contributed by atoms with Gasteiger partial charge in [0.25, 0.3) is 0 Å². The molecule has 0 aliphatic heterocycles. The molecule has 0 saturated heterocycles. The van der Waals surface area contributed by atoms with Gasteiger partial charge in [-0.25, -0.2) is 17.9 Å². The number of ether oxygens (including phenoxy) is 1. The van der Waals surface area contributed by atoms with E-state index in [-0.39, 0.29) is 5.78 Å². The second-order valence-electron chi connectivity index (χ2n) is 6.64. The van der Waals surface area contributed by atoms with Gasteiger partial charge in [-0.05, 0) is 42.5 Å². The van der Waals surface area contributed by atoms with Crippen LogP contribution in [0.3, 0.4) is 0 Å². The van der Waals surface area contributed by atoms with E-state index < -0.39 is 10.0 Å². The highest BCUT2D eigenvalue weighted by Gasteiger charge is 2.18. The van der Waals surface area contributed by atoms with E-state index in [1.807, 2.05) is 6.07 Å². The molecule has 0 radical (unpaired) electrons. The zero-order valence-electron chi connectivity index (χ0n) is 16.2. The van der Waals surface area contributed by atoms with Crippen LogP contribution in [0.4, 0.5) is 5.69 Å². The topological polar surface area (TPSA) is 103 Å². The first-order valence-corrected chi connectivity index (χ1v) is 10.8. The van der Waals surface area contributed by atoms with Crippen molar-refractivity contribution in [1.82, 2.24) is 14.6 Å². The third kappa shape index (κ3) is 3.87. The molecule has 0 aliphatic carbocycles. The normalized spacial score (nSPS) is 11.4. The Labute approximate surface area is 173 Å². The number of sulfonamides is 1. The van der Waals surface area contributed by atoms with Crippen LogP contribution < -0.4 is 9.46 Å². The molecule has 4 rings (SSSR count).